The van der Waals surface area contributed by atoms with E-state index in [1.807, 2.05) is 0 Å². The molecule has 0 spiro atoms. The lowest BCUT2D eigenvalue weighted by molar-refractivity contribution is -0.127. The molecule has 0 aliphatic carbocycles. The number of benzene rings is 1. The van der Waals surface area contributed by atoms with Crippen molar-refractivity contribution in [1.29, 1.82) is 0 Å². The third-order valence-electron chi connectivity index (χ3n) is 3.55. The minimum atomic E-state index is -1.16. The SMILES string of the molecule is COc1ccc(-c2[nH]ncc2C(=O)O[C@@H](C)C(=O)NC(=O)NC(C)C)cc1. The van der Waals surface area contributed by atoms with Gasteiger partial charge in [0, 0.05) is 11.6 Å². The summed E-state index contributed by atoms with van der Waals surface area (Å²) in [6.45, 7) is 4.89. The largest absolute Gasteiger partial charge is 0.497 e. The number of ether oxygens (including phenoxy) is 2. The van der Waals surface area contributed by atoms with Crippen LogP contribution in [0.3, 0.4) is 0 Å². The molecule has 1 heterocycles. The predicted octanol–water partition coefficient (Wildman–Crippen LogP) is 1.86. The Labute approximate surface area is 156 Å². The number of carbonyl (C=O) groups excluding carboxylic acids is 3. The van der Waals surface area contributed by atoms with Crippen LogP contribution in [0.2, 0.25) is 0 Å². The number of imide groups is 1. The standard InChI is InChI=1S/C18H22N4O5/c1-10(2)20-18(25)21-16(23)11(3)27-17(24)14-9-19-22-15(14)12-5-7-13(26-4)8-6-12/h5-11H,1-4H3,(H,19,22)(H2,20,21,23,25)/t11-/m0/s1. The molecule has 0 saturated carbocycles. The van der Waals surface area contributed by atoms with Crippen LogP contribution in [0.25, 0.3) is 11.3 Å². The van der Waals surface area contributed by atoms with Crippen molar-refractivity contribution in [2.45, 2.75) is 32.9 Å². The van der Waals surface area contributed by atoms with Gasteiger partial charge in [-0.15, -0.1) is 0 Å². The summed E-state index contributed by atoms with van der Waals surface area (Å²) in [5.41, 5.74) is 1.33. The maximum absolute atomic E-state index is 12.4. The van der Waals surface area contributed by atoms with Crippen molar-refractivity contribution in [3.05, 3.63) is 36.0 Å². The molecule has 1 aromatic carbocycles. The second kappa shape index (κ2) is 8.84. The van der Waals surface area contributed by atoms with Gasteiger partial charge in [0.2, 0.25) is 0 Å². The van der Waals surface area contributed by atoms with Gasteiger partial charge in [-0.2, -0.15) is 5.10 Å². The molecule has 9 nitrogen and oxygen atoms in total. The molecule has 3 amide bonds. The van der Waals surface area contributed by atoms with Crippen LogP contribution in [0.15, 0.2) is 30.5 Å². The van der Waals surface area contributed by atoms with Gasteiger partial charge in [0.1, 0.15) is 11.3 Å². The fourth-order valence-electron chi connectivity index (χ4n) is 2.21. The number of nitrogens with zero attached hydrogens (tertiary/aromatic N) is 1. The topological polar surface area (TPSA) is 122 Å². The van der Waals surface area contributed by atoms with Crippen LogP contribution in [0.5, 0.6) is 5.75 Å². The second-order valence-electron chi connectivity index (χ2n) is 6.05. The molecule has 1 aromatic heterocycles. The number of carbonyl (C=O) groups is 3. The predicted molar refractivity (Wildman–Crippen MR) is 97.3 cm³/mol. The van der Waals surface area contributed by atoms with Crippen molar-refractivity contribution in [3.8, 4) is 17.0 Å². The van der Waals surface area contributed by atoms with E-state index < -0.39 is 24.0 Å². The highest BCUT2D eigenvalue weighted by molar-refractivity contribution is 6.00. The van der Waals surface area contributed by atoms with Gasteiger partial charge >= 0.3 is 12.0 Å². The fourth-order valence-corrected chi connectivity index (χ4v) is 2.21. The number of hydrogen-bond acceptors (Lipinski definition) is 6. The molecule has 0 aliphatic rings. The Morgan fingerprint density at radius 3 is 2.37 bits per heavy atom. The molecule has 0 unspecified atom stereocenters. The highest BCUT2D eigenvalue weighted by Gasteiger charge is 2.24. The van der Waals surface area contributed by atoms with E-state index in [1.54, 1.807) is 45.2 Å². The lowest BCUT2D eigenvalue weighted by Crippen LogP contribution is -2.46. The third kappa shape index (κ3) is 5.30. The maximum Gasteiger partial charge on any atom is 0.342 e. The Morgan fingerprint density at radius 1 is 1.11 bits per heavy atom. The maximum atomic E-state index is 12.4. The van der Waals surface area contributed by atoms with Crippen LogP contribution in [-0.2, 0) is 9.53 Å². The van der Waals surface area contributed by atoms with Crippen LogP contribution in [0.4, 0.5) is 4.79 Å². The average Bonchev–Trinajstić information content (AvgIpc) is 3.10. The van der Waals surface area contributed by atoms with Crippen molar-refractivity contribution in [3.63, 3.8) is 0 Å². The zero-order valence-corrected chi connectivity index (χ0v) is 15.5. The normalized spacial score (nSPS) is 11.6. The summed E-state index contributed by atoms with van der Waals surface area (Å²) in [7, 11) is 1.56. The summed E-state index contributed by atoms with van der Waals surface area (Å²) < 4.78 is 10.3. The first kappa shape index (κ1) is 20.0. The van der Waals surface area contributed by atoms with Crippen LogP contribution >= 0.6 is 0 Å². The third-order valence-corrected chi connectivity index (χ3v) is 3.55. The molecule has 1 atom stereocenters. The van der Waals surface area contributed by atoms with Gasteiger partial charge < -0.3 is 14.8 Å². The van der Waals surface area contributed by atoms with Crippen LogP contribution < -0.4 is 15.4 Å². The van der Waals surface area contributed by atoms with Crippen molar-refractivity contribution >= 4 is 17.9 Å². The smallest absolute Gasteiger partial charge is 0.342 e. The monoisotopic (exact) mass is 374 g/mol. The van der Waals surface area contributed by atoms with E-state index in [0.717, 1.165) is 0 Å². The summed E-state index contributed by atoms with van der Waals surface area (Å²) in [5, 5.41) is 11.2. The first-order valence-corrected chi connectivity index (χ1v) is 8.32. The summed E-state index contributed by atoms with van der Waals surface area (Å²) in [4.78, 5) is 36.0. The minimum Gasteiger partial charge on any atom is -0.497 e. The Kier molecular flexibility index (Phi) is 6.53. The lowest BCUT2D eigenvalue weighted by atomic mass is 10.1. The van der Waals surface area contributed by atoms with Crippen molar-refractivity contribution in [2.24, 2.45) is 0 Å². The molecule has 0 aliphatic heterocycles. The lowest BCUT2D eigenvalue weighted by Gasteiger charge is -2.14. The van der Waals surface area contributed by atoms with E-state index in [9.17, 15) is 14.4 Å². The first-order chi connectivity index (χ1) is 12.8. The van der Waals surface area contributed by atoms with Crippen LogP contribution in [-0.4, -0.2) is 47.4 Å². The Bertz CT molecular complexity index is 813. The number of esters is 1. The number of H-pyrrole nitrogens is 1. The van der Waals surface area contributed by atoms with E-state index in [0.29, 0.717) is 17.0 Å². The molecule has 144 valence electrons. The van der Waals surface area contributed by atoms with Crippen LogP contribution in [0, 0.1) is 0 Å². The zero-order chi connectivity index (χ0) is 20.0. The number of hydrogen-bond donors (Lipinski definition) is 3. The Morgan fingerprint density at radius 2 is 1.78 bits per heavy atom. The Hall–Kier alpha value is -3.36. The van der Waals surface area contributed by atoms with E-state index in [-0.39, 0.29) is 11.6 Å². The van der Waals surface area contributed by atoms with Gasteiger partial charge in [0.15, 0.2) is 6.10 Å². The molecule has 0 bridgehead atoms. The molecule has 3 N–H and O–H groups in total. The molecule has 2 rings (SSSR count). The highest BCUT2D eigenvalue weighted by Crippen LogP contribution is 2.24. The molecule has 2 aromatic rings. The molecule has 27 heavy (non-hydrogen) atoms. The van der Waals surface area contributed by atoms with Gasteiger partial charge in [-0.25, -0.2) is 9.59 Å². The Balaban J connectivity index is 2.05. The average molecular weight is 374 g/mol. The highest BCUT2D eigenvalue weighted by atomic mass is 16.5. The second-order valence-corrected chi connectivity index (χ2v) is 6.05. The number of aromatic nitrogens is 2. The van der Waals surface area contributed by atoms with Crippen LogP contribution in [0.1, 0.15) is 31.1 Å². The zero-order valence-electron chi connectivity index (χ0n) is 15.5. The number of aromatic amines is 1. The van der Waals surface area contributed by atoms with Gasteiger partial charge in [-0.3, -0.25) is 15.2 Å². The number of nitrogens with one attached hydrogen (secondary N) is 3. The summed E-state index contributed by atoms with van der Waals surface area (Å²) in [6, 6.07) is 6.22. The quantitative estimate of drug-likeness (QED) is 0.664. The summed E-state index contributed by atoms with van der Waals surface area (Å²) in [6.07, 6.45) is 0.159. The van der Waals surface area contributed by atoms with E-state index in [1.165, 1.54) is 13.1 Å². The molecular weight excluding hydrogens is 352 g/mol. The van der Waals surface area contributed by atoms with E-state index in [2.05, 4.69) is 20.8 Å². The summed E-state index contributed by atoms with van der Waals surface area (Å²) >= 11 is 0. The molecule has 0 radical (unpaired) electrons. The van der Waals surface area contributed by atoms with Gasteiger partial charge in [0.05, 0.1) is 19.0 Å². The van der Waals surface area contributed by atoms with Crippen molar-refractivity contribution in [2.75, 3.05) is 7.11 Å². The number of methoxy groups -OCH3 is 1. The molecular formula is C18H22N4O5. The van der Waals surface area contributed by atoms with Gasteiger partial charge in [-0.05, 0) is 45.0 Å². The van der Waals surface area contributed by atoms with Gasteiger partial charge in [-0.1, -0.05) is 0 Å². The molecule has 0 fully saturated rings. The number of urea groups is 1. The minimum absolute atomic E-state index is 0.131. The molecule has 9 heteroatoms. The van der Waals surface area contributed by atoms with E-state index >= 15 is 0 Å². The summed E-state index contributed by atoms with van der Waals surface area (Å²) in [5.74, 6) is -0.787. The van der Waals surface area contributed by atoms with Gasteiger partial charge in [0.25, 0.3) is 5.91 Å². The first-order valence-electron chi connectivity index (χ1n) is 8.32. The van der Waals surface area contributed by atoms with Crippen molar-refractivity contribution in [1.82, 2.24) is 20.8 Å². The number of amides is 3. The van der Waals surface area contributed by atoms with Crippen molar-refractivity contribution < 1.29 is 23.9 Å². The van der Waals surface area contributed by atoms with E-state index in [4.69, 9.17) is 9.47 Å². The molecule has 0 saturated heterocycles. The number of rotatable bonds is 6. The fraction of sp³-hybridized carbons (Fsp3) is 0.333.